The highest BCUT2D eigenvalue weighted by molar-refractivity contribution is 5.87. The van der Waals surface area contributed by atoms with Gasteiger partial charge in [0.15, 0.2) is 0 Å². The van der Waals surface area contributed by atoms with Gasteiger partial charge in [-0.05, 0) is 55.3 Å². The molecule has 1 atom stereocenters. The first kappa shape index (κ1) is 19.0. The predicted molar refractivity (Wildman–Crippen MR) is 108 cm³/mol. The number of hydrogen-bond acceptors (Lipinski definition) is 6. The summed E-state index contributed by atoms with van der Waals surface area (Å²) in [5.41, 5.74) is 1.06. The van der Waals surface area contributed by atoms with Crippen molar-refractivity contribution in [1.82, 2.24) is 25.2 Å². The van der Waals surface area contributed by atoms with Gasteiger partial charge in [-0.25, -0.2) is 9.97 Å². The second-order valence-electron chi connectivity index (χ2n) is 6.96. The summed E-state index contributed by atoms with van der Waals surface area (Å²) < 4.78 is 5.76. The SMILES string of the molecule is CNC(=O)[C@@]1(c2ccccn2)CCCN1Cc1cccc(Oc2ncccn2)c1. The second kappa shape index (κ2) is 8.36. The molecule has 0 saturated carbocycles. The number of aromatic nitrogens is 3. The highest BCUT2D eigenvalue weighted by atomic mass is 16.5. The fourth-order valence-corrected chi connectivity index (χ4v) is 3.94. The summed E-state index contributed by atoms with van der Waals surface area (Å²) in [6.07, 6.45) is 6.68. The summed E-state index contributed by atoms with van der Waals surface area (Å²) in [5, 5.41) is 2.84. The first-order chi connectivity index (χ1) is 14.2. The summed E-state index contributed by atoms with van der Waals surface area (Å²) in [6.45, 7) is 1.42. The van der Waals surface area contributed by atoms with E-state index in [4.69, 9.17) is 4.74 Å². The highest BCUT2D eigenvalue weighted by Crippen LogP contribution is 2.39. The lowest BCUT2D eigenvalue weighted by molar-refractivity contribution is -0.132. The summed E-state index contributed by atoms with van der Waals surface area (Å²) in [6, 6.07) is 15.6. The van der Waals surface area contributed by atoms with E-state index < -0.39 is 5.54 Å². The Hall–Kier alpha value is -3.32. The van der Waals surface area contributed by atoms with Crippen LogP contribution in [0.4, 0.5) is 0 Å². The molecule has 148 valence electrons. The van der Waals surface area contributed by atoms with Gasteiger partial charge in [-0.1, -0.05) is 18.2 Å². The molecule has 0 bridgehead atoms. The molecule has 7 heteroatoms. The zero-order valence-electron chi connectivity index (χ0n) is 16.3. The van der Waals surface area contributed by atoms with Gasteiger partial charge < -0.3 is 10.1 Å². The average molecular weight is 389 g/mol. The lowest BCUT2D eigenvalue weighted by atomic mass is 9.89. The van der Waals surface area contributed by atoms with Crippen LogP contribution in [0.1, 0.15) is 24.1 Å². The van der Waals surface area contributed by atoms with Crippen LogP contribution in [0.15, 0.2) is 67.1 Å². The number of likely N-dealkylation sites (tertiary alicyclic amines) is 1. The minimum absolute atomic E-state index is 0.0289. The Labute approximate surface area is 169 Å². The molecule has 2 aromatic heterocycles. The average Bonchev–Trinajstić information content (AvgIpc) is 3.19. The zero-order chi connectivity index (χ0) is 20.1. The van der Waals surface area contributed by atoms with Gasteiger partial charge in [0, 0.05) is 32.2 Å². The van der Waals surface area contributed by atoms with Crippen LogP contribution >= 0.6 is 0 Å². The van der Waals surface area contributed by atoms with Crippen LogP contribution in [0.5, 0.6) is 11.8 Å². The maximum absolute atomic E-state index is 13.0. The van der Waals surface area contributed by atoms with Crippen LogP contribution in [0.2, 0.25) is 0 Å². The van der Waals surface area contributed by atoms with E-state index in [0.29, 0.717) is 18.3 Å². The molecule has 29 heavy (non-hydrogen) atoms. The fourth-order valence-electron chi connectivity index (χ4n) is 3.94. The first-order valence-corrected chi connectivity index (χ1v) is 9.65. The Morgan fingerprint density at radius 3 is 2.69 bits per heavy atom. The van der Waals surface area contributed by atoms with Crippen LogP contribution in [0.25, 0.3) is 0 Å². The van der Waals surface area contributed by atoms with Crippen molar-refractivity contribution in [3.63, 3.8) is 0 Å². The van der Waals surface area contributed by atoms with Crippen LogP contribution in [-0.4, -0.2) is 39.4 Å². The van der Waals surface area contributed by atoms with Gasteiger partial charge in [-0.15, -0.1) is 0 Å². The van der Waals surface area contributed by atoms with Crippen molar-refractivity contribution in [1.29, 1.82) is 0 Å². The van der Waals surface area contributed by atoms with Crippen molar-refractivity contribution >= 4 is 5.91 Å². The molecule has 1 fully saturated rings. The summed E-state index contributed by atoms with van der Waals surface area (Å²) >= 11 is 0. The van der Waals surface area contributed by atoms with E-state index in [2.05, 4.69) is 25.2 Å². The van der Waals surface area contributed by atoms with Gasteiger partial charge in [0.2, 0.25) is 5.91 Å². The number of nitrogens with one attached hydrogen (secondary N) is 1. The normalized spacial score (nSPS) is 19.1. The number of amides is 1. The standard InChI is InChI=1S/C22H23N5O2/c1-23-20(28)22(19-9-2-3-11-24-19)10-5-14-27(22)16-17-7-4-8-18(15-17)29-21-25-12-6-13-26-21/h2-4,6-9,11-13,15H,5,10,14,16H2,1H3,(H,23,28)/t22-/m0/s1. The maximum Gasteiger partial charge on any atom is 0.321 e. The van der Waals surface area contributed by atoms with E-state index >= 15 is 0 Å². The number of carbonyl (C=O) groups is 1. The van der Waals surface area contributed by atoms with E-state index in [1.54, 1.807) is 31.7 Å². The Kier molecular flexibility index (Phi) is 5.48. The van der Waals surface area contributed by atoms with Gasteiger partial charge in [0.25, 0.3) is 0 Å². The molecule has 0 spiro atoms. The molecule has 1 aliphatic rings. The first-order valence-electron chi connectivity index (χ1n) is 9.65. The molecule has 1 N–H and O–H groups in total. The summed E-state index contributed by atoms with van der Waals surface area (Å²) in [5.74, 6) is 0.634. The monoisotopic (exact) mass is 389 g/mol. The quantitative estimate of drug-likeness (QED) is 0.698. The van der Waals surface area contributed by atoms with E-state index in [9.17, 15) is 4.79 Å². The molecule has 3 heterocycles. The van der Waals surface area contributed by atoms with Crippen molar-refractivity contribution in [2.45, 2.75) is 24.9 Å². The second-order valence-corrected chi connectivity index (χ2v) is 6.96. The zero-order valence-corrected chi connectivity index (χ0v) is 16.3. The number of ether oxygens (including phenoxy) is 1. The van der Waals surface area contributed by atoms with E-state index in [1.807, 2.05) is 42.5 Å². The van der Waals surface area contributed by atoms with Crippen molar-refractivity contribution in [2.24, 2.45) is 0 Å². The minimum atomic E-state index is -0.768. The van der Waals surface area contributed by atoms with Gasteiger partial charge in [-0.3, -0.25) is 14.7 Å². The molecule has 0 aliphatic carbocycles. The third-order valence-corrected chi connectivity index (χ3v) is 5.22. The predicted octanol–water partition coefficient (Wildman–Crippen LogP) is 2.90. The molecule has 3 aromatic rings. The van der Waals surface area contributed by atoms with Crippen molar-refractivity contribution in [3.05, 3.63) is 78.4 Å². The molecule has 7 nitrogen and oxygen atoms in total. The van der Waals surface area contributed by atoms with Crippen LogP contribution < -0.4 is 10.1 Å². The number of benzene rings is 1. The summed E-state index contributed by atoms with van der Waals surface area (Å²) in [4.78, 5) is 27.9. The van der Waals surface area contributed by atoms with Gasteiger partial charge >= 0.3 is 6.01 Å². The van der Waals surface area contributed by atoms with Crippen molar-refractivity contribution in [2.75, 3.05) is 13.6 Å². The largest absolute Gasteiger partial charge is 0.424 e. The molecule has 1 saturated heterocycles. The number of nitrogens with zero attached hydrogens (tertiary/aromatic N) is 4. The van der Waals surface area contributed by atoms with Crippen molar-refractivity contribution in [3.8, 4) is 11.8 Å². The van der Waals surface area contributed by atoms with E-state index in [1.165, 1.54) is 0 Å². The van der Waals surface area contributed by atoms with E-state index in [0.717, 1.165) is 30.6 Å². The molecule has 4 rings (SSSR count). The molecule has 0 radical (unpaired) electrons. The Bertz CT molecular complexity index is 967. The third-order valence-electron chi connectivity index (χ3n) is 5.22. The van der Waals surface area contributed by atoms with Crippen LogP contribution in [0, 0.1) is 0 Å². The molecular weight excluding hydrogens is 366 g/mol. The number of likely N-dealkylation sites (N-methyl/N-ethyl adjacent to an activating group) is 1. The maximum atomic E-state index is 13.0. The van der Waals surface area contributed by atoms with Gasteiger partial charge in [0.05, 0.1) is 5.69 Å². The Morgan fingerprint density at radius 1 is 1.10 bits per heavy atom. The number of hydrogen-bond donors (Lipinski definition) is 1. The molecule has 1 aliphatic heterocycles. The highest BCUT2D eigenvalue weighted by Gasteiger charge is 2.49. The minimum Gasteiger partial charge on any atom is -0.424 e. The molecular formula is C22H23N5O2. The molecule has 0 unspecified atom stereocenters. The number of pyridine rings is 1. The fraction of sp³-hybridized carbons (Fsp3) is 0.273. The lowest BCUT2D eigenvalue weighted by Crippen LogP contribution is -2.52. The van der Waals surface area contributed by atoms with Crippen LogP contribution in [0.3, 0.4) is 0 Å². The van der Waals surface area contributed by atoms with E-state index in [-0.39, 0.29) is 5.91 Å². The Morgan fingerprint density at radius 2 is 1.93 bits per heavy atom. The molecule has 1 amide bonds. The third kappa shape index (κ3) is 3.82. The smallest absolute Gasteiger partial charge is 0.321 e. The van der Waals surface area contributed by atoms with Gasteiger partial charge in [-0.2, -0.15) is 0 Å². The topological polar surface area (TPSA) is 80.2 Å². The number of carbonyl (C=O) groups excluding carboxylic acids is 1. The lowest BCUT2D eigenvalue weighted by Gasteiger charge is -2.36. The van der Waals surface area contributed by atoms with Gasteiger partial charge in [0.1, 0.15) is 11.3 Å². The van der Waals surface area contributed by atoms with Crippen LogP contribution in [-0.2, 0) is 16.9 Å². The number of rotatable bonds is 6. The van der Waals surface area contributed by atoms with Crippen molar-refractivity contribution < 1.29 is 9.53 Å². The Balaban J connectivity index is 1.61. The summed E-state index contributed by atoms with van der Waals surface area (Å²) in [7, 11) is 1.68. The molecule has 1 aromatic carbocycles.